The zero-order valence-electron chi connectivity index (χ0n) is 13.6. The van der Waals surface area contributed by atoms with Gasteiger partial charge in [-0.3, -0.25) is 9.59 Å². The summed E-state index contributed by atoms with van der Waals surface area (Å²) >= 11 is 0. The minimum atomic E-state index is -0.532. The Bertz CT molecular complexity index is 672. The maximum Gasteiger partial charge on any atom is 0.313 e. The van der Waals surface area contributed by atoms with Crippen LogP contribution < -0.4 is 0 Å². The van der Waals surface area contributed by atoms with Gasteiger partial charge in [-0.1, -0.05) is 12.5 Å². The van der Waals surface area contributed by atoms with Crippen molar-refractivity contribution >= 4 is 11.8 Å². The number of cyclic esters (lactones) is 1. The summed E-state index contributed by atoms with van der Waals surface area (Å²) in [5, 5.41) is 0. The van der Waals surface area contributed by atoms with Crippen molar-refractivity contribution in [2.75, 3.05) is 0 Å². The van der Waals surface area contributed by atoms with Crippen LogP contribution in [0.25, 0.3) is 0 Å². The number of rotatable bonds is 1. The van der Waals surface area contributed by atoms with E-state index in [0.29, 0.717) is 18.8 Å². The second-order valence-corrected chi connectivity index (χ2v) is 7.45. The molecule has 122 valence electrons. The maximum atomic E-state index is 13.0. The van der Waals surface area contributed by atoms with Crippen molar-refractivity contribution < 1.29 is 18.7 Å². The van der Waals surface area contributed by atoms with Crippen LogP contribution in [0.2, 0.25) is 0 Å². The van der Waals surface area contributed by atoms with Crippen LogP contribution in [0, 0.1) is 23.2 Å². The molecule has 1 spiro atoms. The summed E-state index contributed by atoms with van der Waals surface area (Å²) in [6.45, 7) is 4.18. The Morgan fingerprint density at radius 3 is 2.83 bits per heavy atom. The summed E-state index contributed by atoms with van der Waals surface area (Å²) in [5.41, 5.74) is 1.52. The SMILES string of the molecule is CC1=CC(=O)C[C@H]2[C@@H]1CC[C@@H](C)[C@]21C[C@@H](c2ccoc2)OC1=O. The molecule has 2 fully saturated rings. The highest BCUT2D eigenvalue weighted by Gasteiger charge is 2.61. The summed E-state index contributed by atoms with van der Waals surface area (Å²) in [4.78, 5) is 25.1. The Kier molecular flexibility index (Phi) is 3.26. The van der Waals surface area contributed by atoms with Gasteiger partial charge in [0.05, 0.1) is 17.9 Å². The largest absolute Gasteiger partial charge is 0.472 e. The molecule has 0 N–H and O–H groups in total. The molecular weight excluding hydrogens is 292 g/mol. The van der Waals surface area contributed by atoms with Crippen molar-refractivity contribution in [3.8, 4) is 0 Å². The molecule has 23 heavy (non-hydrogen) atoms. The summed E-state index contributed by atoms with van der Waals surface area (Å²) in [6.07, 6.45) is 7.99. The lowest BCUT2D eigenvalue weighted by molar-refractivity contribution is -0.158. The highest BCUT2D eigenvalue weighted by molar-refractivity contribution is 5.93. The number of hydrogen-bond acceptors (Lipinski definition) is 4. The van der Waals surface area contributed by atoms with Gasteiger partial charge in [-0.15, -0.1) is 0 Å². The lowest BCUT2D eigenvalue weighted by Gasteiger charge is -2.49. The van der Waals surface area contributed by atoms with Gasteiger partial charge in [-0.05, 0) is 49.7 Å². The highest BCUT2D eigenvalue weighted by Crippen LogP contribution is 2.60. The zero-order valence-corrected chi connectivity index (χ0v) is 13.6. The van der Waals surface area contributed by atoms with E-state index in [1.165, 1.54) is 0 Å². The predicted molar refractivity (Wildman–Crippen MR) is 83.4 cm³/mol. The van der Waals surface area contributed by atoms with Crippen molar-refractivity contribution in [3.63, 3.8) is 0 Å². The fraction of sp³-hybridized carbons (Fsp3) is 0.579. The highest BCUT2D eigenvalue weighted by atomic mass is 16.6. The van der Waals surface area contributed by atoms with E-state index >= 15 is 0 Å². The summed E-state index contributed by atoms with van der Waals surface area (Å²) in [7, 11) is 0. The first-order valence-electron chi connectivity index (χ1n) is 8.46. The molecule has 1 aromatic rings. The third kappa shape index (κ3) is 2.03. The van der Waals surface area contributed by atoms with E-state index in [9.17, 15) is 9.59 Å². The molecule has 1 aliphatic heterocycles. The number of carbonyl (C=O) groups excluding carboxylic acids is 2. The topological polar surface area (TPSA) is 56.5 Å². The van der Waals surface area contributed by atoms with Gasteiger partial charge in [-0.2, -0.15) is 0 Å². The second kappa shape index (κ2) is 5.08. The Labute approximate surface area is 135 Å². The number of allylic oxidation sites excluding steroid dienone is 2. The molecule has 1 saturated carbocycles. The first-order valence-corrected chi connectivity index (χ1v) is 8.46. The van der Waals surface area contributed by atoms with Crippen LogP contribution in [0.5, 0.6) is 0 Å². The molecule has 2 heterocycles. The first-order chi connectivity index (χ1) is 11.0. The van der Waals surface area contributed by atoms with E-state index in [0.717, 1.165) is 24.0 Å². The van der Waals surface area contributed by atoms with Crippen LogP contribution in [0.1, 0.15) is 51.2 Å². The Balaban J connectivity index is 1.74. The van der Waals surface area contributed by atoms with E-state index in [4.69, 9.17) is 9.15 Å². The third-order valence-corrected chi connectivity index (χ3v) is 6.40. The Morgan fingerprint density at radius 2 is 2.09 bits per heavy atom. The molecule has 0 radical (unpaired) electrons. The van der Waals surface area contributed by atoms with Crippen LogP contribution in [-0.2, 0) is 14.3 Å². The van der Waals surface area contributed by atoms with Crippen molar-refractivity contribution in [1.82, 2.24) is 0 Å². The lowest BCUT2D eigenvalue weighted by atomic mass is 9.52. The van der Waals surface area contributed by atoms with Gasteiger partial charge >= 0.3 is 5.97 Å². The number of fused-ring (bicyclic) bond motifs is 2. The predicted octanol–water partition coefficient (Wildman–Crippen LogP) is 3.84. The second-order valence-electron chi connectivity index (χ2n) is 7.45. The minimum Gasteiger partial charge on any atom is -0.472 e. The number of furan rings is 1. The molecule has 0 aromatic carbocycles. The monoisotopic (exact) mass is 314 g/mol. The molecule has 5 atom stereocenters. The van der Waals surface area contributed by atoms with E-state index in [1.54, 1.807) is 18.6 Å². The van der Waals surface area contributed by atoms with Crippen molar-refractivity contribution in [3.05, 3.63) is 35.8 Å². The van der Waals surface area contributed by atoms with Gasteiger partial charge in [0, 0.05) is 18.4 Å². The smallest absolute Gasteiger partial charge is 0.313 e. The van der Waals surface area contributed by atoms with Crippen LogP contribution >= 0.6 is 0 Å². The molecule has 0 bridgehead atoms. The standard InChI is InChI=1S/C19H22O4/c1-11-7-14(20)8-16-15(11)4-3-12(2)19(16)9-17(23-18(19)21)13-5-6-22-10-13/h5-7,10,12,15-17H,3-4,8-9H2,1-2H3/t12-,15-,16+,17+,19-/m1/s1. The minimum absolute atomic E-state index is 0.0770. The Morgan fingerprint density at radius 1 is 1.26 bits per heavy atom. The van der Waals surface area contributed by atoms with E-state index in [-0.39, 0.29) is 29.7 Å². The molecule has 1 saturated heterocycles. The molecule has 0 amide bonds. The number of carbonyl (C=O) groups is 2. The molecule has 4 rings (SSSR count). The van der Waals surface area contributed by atoms with E-state index < -0.39 is 5.41 Å². The normalized spacial score (nSPS) is 40.0. The van der Waals surface area contributed by atoms with Gasteiger partial charge < -0.3 is 9.15 Å². The Hall–Kier alpha value is -1.84. The van der Waals surface area contributed by atoms with Crippen LogP contribution in [0.4, 0.5) is 0 Å². The van der Waals surface area contributed by atoms with Gasteiger partial charge in [0.2, 0.25) is 0 Å². The average molecular weight is 314 g/mol. The number of ether oxygens (including phenoxy) is 1. The van der Waals surface area contributed by atoms with E-state index in [1.807, 2.05) is 13.0 Å². The summed E-state index contributed by atoms with van der Waals surface area (Å²) in [5.74, 6) is 0.685. The van der Waals surface area contributed by atoms with Gasteiger partial charge in [0.15, 0.2) is 5.78 Å². The molecular formula is C19H22O4. The number of esters is 1. The quantitative estimate of drug-likeness (QED) is 0.739. The van der Waals surface area contributed by atoms with E-state index in [2.05, 4.69) is 6.92 Å². The number of ketones is 1. The fourth-order valence-electron chi connectivity index (χ4n) is 5.14. The molecule has 1 aromatic heterocycles. The van der Waals surface area contributed by atoms with Crippen molar-refractivity contribution in [2.45, 2.75) is 45.6 Å². The van der Waals surface area contributed by atoms with Crippen LogP contribution in [0.15, 0.2) is 34.7 Å². The number of hydrogen-bond donors (Lipinski definition) is 0. The molecule has 0 unspecified atom stereocenters. The van der Waals surface area contributed by atoms with Crippen LogP contribution in [-0.4, -0.2) is 11.8 Å². The third-order valence-electron chi connectivity index (χ3n) is 6.40. The van der Waals surface area contributed by atoms with Crippen molar-refractivity contribution in [2.24, 2.45) is 23.2 Å². The maximum absolute atomic E-state index is 13.0. The van der Waals surface area contributed by atoms with Gasteiger partial charge in [0.25, 0.3) is 0 Å². The van der Waals surface area contributed by atoms with Gasteiger partial charge in [-0.25, -0.2) is 0 Å². The molecule has 4 nitrogen and oxygen atoms in total. The molecule has 3 aliphatic rings. The van der Waals surface area contributed by atoms with Crippen molar-refractivity contribution in [1.29, 1.82) is 0 Å². The average Bonchev–Trinajstić information content (AvgIpc) is 3.12. The first kappa shape index (κ1) is 14.7. The molecule has 2 aliphatic carbocycles. The lowest BCUT2D eigenvalue weighted by Crippen LogP contribution is -2.50. The summed E-state index contributed by atoms with van der Waals surface area (Å²) in [6, 6.07) is 1.86. The van der Waals surface area contributed by atoms with Gasteiger partial charge in [0.1, 0.15) is 6.10 Å². The van der Waals surface area contributed by atoms with Crippen LogP contribution in [0.3, 0.4) is 0 Å². The zero-order chi connectivity index (χ0) is 16.2. The summed E-state index contributed by atoms with van der Waals surface area (Å²) < 4.78 is 10.9. The fourth-order valence-corrected chi connectivity index (χ4v) is 5.14. The molecule has 4 heteroatoms.